The van der Waals surface area contributed by atoms with Crippen LogP contribution in [0.2, 0.25) is 0 Å². The average molecular weight is 486 g/mol. The van der Waals surface area contributed by atoms with Crippen LogP contribution in [-0.2, 0) is 15.6 Å². The van der Waals surface area contributed by atoms with E-state index < -0.39 is 10.8 Å². The van der Waals surface area contributed by atoms with E-state index in [0.29, 0.717) is 5.57 Å². The average Bonchev–Trinajstić information content (AvgIpc) is 3.04. The van der Waals surface area contributed by atoms with Gasteiger partial charge in [0, 0.05) is 28.8 Å². The van der Waals surface area contributed by atoms with E-state index in [4.69, 9.17) is 0 Å². The summed E-state index contributed by atoms with van der Waals surface area (Å²) in [6, 6.07) is 13.0. The topological polar surface area (TPSA) is 40.5 Å². The monoisotopic (exact) mass is 485 g/mol. The highest BCUT2D eigenvalue weighted by atomic mass is 19.1. The van der Waals surface area contributed by atoms with Gasteiger partial charge in [0.05, 0.1) is 11.1 Å². The van der Waals surface area contributed by atoms with Crippen LogP contribution < -0.4 is 4.90 Å². The van der Waals surface area contributed by atoms with Gasteiger partial charge in [0.1, 0.15) is 11.6 Å². The summed E-state index contributed by atoms with van der Waals surface area (Å²) in [5.74, 6) is -0.488. The molecular weight excluding hydrogens is 449 g/mol. The lowest BCUT2D eigenvalue weighted by molar-refractivity contribution is -0.113. The van der Waals surface area contributed by atoms with Crippen LogP contribution in [0.3, 0.4) is 0 Å². The van der Waals surface area contributed by atoms with Crippen LogP contribution >= 0.6 is 0 Å². The van der Waals surface area contributed by atoms with Gasteiger partial charge in [-0.1, -0.05) is 71.9 Å². The lowest BCUT2D eigenvalue weighted by Crippen LogP contribution is -2.30. The van der Waals surface area contributed by atoms with Crippen molar-refractivity contribution in [2.45, 2.75) is 65.2 Å². The number of rotatable bonds is 7. The molecule has 188 valence electrons. The number of hydrogen-bond acceptors (Lipinski definition) is 3. The fourth-order valence-electron chi connectivity index (χ4n) is 5.31. The van der Waals surface area contributed by atoms with Gasteiger partial charge >= 0.3 is 0 Å². The number of carbonyl (C=O) groups is 1. The minimum absolute atomic E-state index is 0.0115. The van der Waals surface area contributed by atoms with Gasteiger partial charge in [0.25, 0.3) is 0 Å². The summed E-state index contributed by atoms with van der Waals surface area (Å²) in [6.45, 7) is 17.4. The van der Waals surface area contributed by atoms with Crippen LogP contribution in [0.25, 0.3) is 0 Å². The summed E-state index contributed by atoms with van der Waals surface area (Å²) < 4.78 is 14.1. The number of aliphatic hydroxyl groups is 1. The van der Waals surface area contributed by atoms with Crippen molar-refractivity contribution in [1.29, 1.82) is 0 Å². The van der Waals surface area contributed by atoms with Crippen LogP contribution in [0, 0.1) is 12.7 Å². The van der Waals surface area contributed by atoms with E-state index in [0.717, 1.165) is 53.0 Å². The summed E-state index contributed by atoms with van der Waals surface area (Å²) in [5, 5.41) is 11.0. The number of ketones is 1. The quantitative estimate of drug-likeness (QED) is 0.407. The number of halogens is 1. The Hall–Kier alpha value is -3.40. The predicted octanol–water partition coefficient (Wildman–Crippen LogP) is 7.77. The number of carbonyl (C=O) groups excluding carboxylic acids is 1. The Morgan fingerprint density at radius 2 is 1.89 bits per heavy atom. The summed E-state index contributed by atoms with van der Waals surface area (Å²) in [5.41, 5.74) is 5.45. The Morgan fingerprint density at radius 1 is 1.19 bits per heavy atom. The molecule has 4 rings (SSSR count). The third kappa shape index (κ3) is 4.13. The second kappa shape index (κ2) is 9.24. The molecule has 0 fully saturated rings. The molecule has 0 spiro atoms. The van der Waals surface area contributed by atoms with Crippen LogP contribution in [0.4, 0.5) is 10.1 Å². The first-order valence-corrected chi connectivity index (χ1v) is 12.7. The van der Waals surface area contributed by atoms with E-state index in [-0.39, 0.29) is 22.9 Å². The molecule has 1 N–H and O–H groups in total. The molecule has 3 nitrogen and oxygen atoms in total. The molecule has 36 heavy (non-hydrogen) atoms. The van der Waals surface area contributed by atoms with Crippen molar-refractivity contribution in [3.8, 4) is 0 Å². The van der Waals surface area contributed by atoms with E-state index in [9.17, 15) is 14.3 Å². The first-order chi connectivity index (χ1) is 16.9. The minimum Gasteiger partial charge on any atom is -0.506 e. The molecule has 2 aromatic carbocycles. The zero-order valence-electron chi connectivity index (χ0n) is 22.2. The van der Waals surface area contributed by atoms with Crippen molar-refractivity contribution in [3.05, 3.63) is 112 Å². The van der Waals surface area contributed by atoms with Crippen molar-refractivity contribution >= 4 is 11.5 Å². The highest BCUT2D eigenvalue weighted by molar-refractivity contribution is 6.21. The number of hydrogen-bond donors (Lipinski definition) is 1. The van der Waals surface area contributed by atoms with Gasteiger partial charge in [-0.15, -0.1) is 0 Å². The van der Waals surface area contributed by atoms with Gasteiger partial charge < -0.3 is 10.0 Å². The molecule has 0 atom stereocenters. The van der Waals surface area contributed by atoms with Crippen molar-refractivity contribution < 1.29 is 14.3 Å². The molecule has 0 aromatic heterocycles. The van der Waals surface area contributed by atoms with Crippen molar-refractivity contribution in [2.24, 2.45) is 0 Å². The molecule has 4 heteroatoms. The first-order valence-electron chi connectivity index (χ1n) is 12.7. The van der Waals surface area contributed by atoms with Crippen LogP contribution in [-0.4, -0.2) is 17.4 Å². The molecule has 1 aliphatic carbocycles. The van der Waals surface area contributed by atoms with E-state index in [1.807, 2.05) is 32.0 Å². The van der Waals surface area contributed by atoms with E-state index >= 15 is 0 Å². The number of aryl methyl sites for hydroxylation is 1. The number of aliphatic hydroxyl groups excluding tert-OH is 1. The van der Waals surface area contributed by atoms with Crippen LogP contribution in [0.15, 0.2) is 89.4 Å². The summed E-state index contributed by atoms with van der Waals surface area (Å²) >= 11 is 0. The Labute approximate surface area is 214 Å². The Morgan fingerprint density at radius 3 is 2.53 bits per heavy atom. The third-order valence-corrected chi connectivity index (χ3v) is 7.81. The van der Waals surface area contributed by atoms with E-state index in [1.165, 1.54) is 6.07 Å². The van der Waals surface area contributed by atoms with Gasteiger partial charge in [-0.05, 0) is 66.0 Å². The SMILES string of the molecule is C=C(/C=C1\C(=O)C(/C=C2\N(CCCC)c3ccc(F)cc3C2(C)C)=C1O)C(C)(C)c1ccccc1C. The second-order valence-electron chi connectivity index (χ2n) is 10.9. The minimum atomic E-state index is -0.505. The van der Waals surface area contributed by atoms with Gasteiger partial charge in [0.15, 0.2) is 0 Å². The third-order valence-electron chi connectivity index (χ3n) is 7.81. The summed E-state index contributed by atoms with van der Waals surface area (Å²) in [6.07, 6.45) is 5.48. The fraction of sp³-hybridized carbons (Fsp3) is 0.344. The molecule has 0 saturated heterocycles. The number of fused-ring (bicyclic) bond motifs is 1. The number of allylic oxidation sites excluding steroid dienone is 6. The maximum Gasteiger partial charge on any atom is 0.200 e. The van der Waals surface area contributed by atoms with Crippen molar-refractivity contribution in [3.63, 3.8) is 0 Å². The van der Waals surface area contributed by atoms with Crippen molar-refractivity contribution in [1.82, 2.24) is 0 Å². The van der Waals surface area contributed by atoms with Gasteiger partial charge in [-0.2, -0.15) is 0 Å². The molecular formula is C32H36FNO2. The molecule has 1 aliphatic heterocycles. The molecule has 2 aromatic rings. The molecule has 0 radical (unpaired) electrons. The number of anilines is 1. The number of Topliss-reactive ketones (excluding diaryl/α,β-unsaturated/α-hetero) is 1. The maximum absolute atomic E-state index is 14.1. The fourth-order valence-corrected chi connectivity index (χ4v) is 5.31. The van der Waals surface area contributed by atoms with E-state index in [2.05, 4.69) is 51.3 Å². The zero-order valence-corrected chi connectivity index (χ0v) is 22.2. The van der Waals surface area contributed by atoms with Crippen LogP contribution in [0.5, 0.6) is 0 Å². The standard InChI is InChI=1S/C32H36FNO2/c1-8-9-16-34-27-15-14-22(33)18-26(27)32(6,7)28(34)19-24-29(35)23(30(24)36)17-21(3)31(4,5)25-13-11-10-12-20(25)2/h10-15,17-19,35H,3,8-9,16H2,1-2,4-7H3/b23-17-,28-19-. The van der Waals surface area contributed by atoms with Crippen molar-refractivity contribution in [2.75, 3.05) is 11.4 Å². The molecule has 1 heterocycles. The number of unbranched alkanes of at least 4 members (excludes halogenated alkanes) is 1. The Balaban J connectivity index is 1.71. The molecule has 0 saturated carbocycles. The lowest BCUT2D eigenvalue weighted by atomic mass is 9.74. The largest absolute Gasteiger partial charge is 0.506 e. The van der Waals surface area contributed by atoms with E-state index in [1.54, 1.807) is 18.2 Å². The maximum atomic E-state index is 14.1. The Bertz CT molecular complexity index is 1340. The lowest BCUT2D eigenvalue weighted by Gasteiger charge is -2.31. The summed E-state index contributed by atoms with van der Waals surface area (Å²) in [7, 11) is 0. The second-order valence-corrected chi connectivity index (χ2v) is 10.9. The van der Waals surface area contributed by atoms with Gasteiger partial charge in [0.2, 0.25) is 5.78 Å². The predicted molar refractivity (Wildman–Crippen MR) is 146 cm³/mol. The smallest absolute Gasteiger partial charge is 0.200 e. The number of benzene rings is 2. The van der Waals surface area contributed by atoms with Crippen LogP contribution in [0.1, 0.15) is 64.2 Å². The Kier molecular flexibility index (Phi) is 6.59. The molecule has 0 unspecified atom stereocenters. The number of nitrogens with zero attached hydrogens (tertiary/aromatic N) is 1. The zero-order chi connectivity index (χ0) is 26.4. The van der Waals surface area contributed by atoms with Gasteiger partial charge in [-0.3, -0.25) is 4.79 Å². The first kappa shape index (κ1) is 25.7. The van der Waals surface area contributed by atoms with Gasteiger partial charge in [-0.25, -0.2) is 4.39 Å². The normalized spacial score (nSPS) is 19.2. The highest BCUT2D eigenvalue weighted by Gasteiger charge is 2.42. The summed E-state index contributed by atoms with van der Waals surface area (Å²) in [4.78, 5) is 15.4. The highest BCUT2D eigenvalue weighted by Crippen LogP contribution is 2.49. The molecule has 0 bridgehead atoms. The molecule has 2 aliphatic rings. The molecule has 0 amide bonds.